The van der Waals surface area contributed by atoms with E-state index in [1.807, 2.05) is 31.2 Å². The number of carbonyl (C=O) groups is 1. The van der Waals surface area contributed by atoms with Gasteiger partial charge in [-0.3, -0.25) is 9.59 Å². The second-order valence-electron chi connectivity index (χ2n) is 6.32. The Bertz CT molecular complexity index is 1270. The first-order chi connectivity index (χ1) is 14.0. The van der Waals surface area contributed by atoms with Gasteiger partial charge in [-0.25, -0.2) is 14.1 Å². The molecule has 0 fully saturated rings. The van der Waals surface area contributed by atoms with Gasteiger partial charge in [0.05, 0.1) is 23.3 Å². The number of H-pyrrole nitrogens is 1. The van der Waals surface area contributed by atoms with E-state index in [2.05, 4.69) is 20.4 Å². The molecule has 4 aromatic rings. The number of carbonyl (C=O) groups excluding carboxylic acids is 1. The number of aromatic nitrogens is 4. The van der Waals surface area contributed by atoms with Gasteiger partial charge in [0.1, 0.15) is 11.2 Å². The summed E-state index contributed by atoms with van der Waals surface area (Å²) >= 11 is 1.05. The lowest BCUT2D eigenvalue weighted by Gasteiger charge is -2.07. The molecule has 7 nitrogen and oxygen atoms in total. The zero-order chi connectivity index (χ0) is 20.4. The molecule has 2 N–H and O–H groups in total. The zero-order valence-electron chi connectivity index (χ0n) is 15.3. The van der Waals surface area contributed by atoms with Crippen LogP contribution in [-0.4, -0.2) is 31.4 Å². The van der Waals surface area contributed by atoms with Crippen molar-refractivity contribution in [2.75, 3.05) is 11.1 Å². The monoisotopic (exact) mass is 409 g/mol. The number of aryl methyl sites for hydroxylation is 1. The molecule has 0 atom stereocenters. The number of rotatable bonds is 5. The molecule has 0 saturated heterocycles. The molecule has 0 aliphatic rings. The van der Waals surface area contributed by atoms with Crippen LogP contribution in [0.25, 0.3) is 16.7 Å². The molecule has 9 heteroatoms. The van der Waals surface area contributed by atoms with Gasteiger partial charge in [-0.1, -0.05) is 36.0 Å². The van der Waals surface area contributed by atoms with E-state index in [1.165, 1.54) is 18.3 Å². The van der Waals surface area contributed by atoms with Crippen LogP contribution in [0.2, 0.25) is 0 Å². The number of halogens is 1. The van der Waals surface area contributed by atoms with Crippen molar-refractivity contribution in [3.8, 4) is 5.69 Å². The molecule has 0 bridgehead atoms. The number of aromatic amines is 1. The highest BCUT2D eigenvalue weighted by Gasteiger charge is 2.13. The van der Waals surface area contributed by atoms with E-state index < -0.39 is 11.7 Å². The summed E-state index contributed by atoms with van der Waals surface area (Å²) in [5.41, 5.74) is 2.00. The Kier molecular flexibility index (Phi) is 5.13. The Morgan fingerprint density at radius 1 is 1.24 bits per heavy atom. The lowest BCUT2D eigenvalue weighted by molar-refractivity contribution is -0.113. The second-order valence-corrected chi connectivity index (χ2v) is 7.28. The molecule has 1 amide bonds. The average Bonchev–Trinajstić information content (AvgIpc) is 3.13. The van der Waals surface area contributed by atoms with E-state index >= 15 is 0 Å². The van der Waals surface area contributed by atoms with Gasteiger partial charge >= 0.3 is 0 Å². The fraction of sp³-hybridized carbons (Fsp3) is 0.100. The third-order valence-corrected chi connectivity index (χ3v) is 5.02. The number of amides is 1. The van der Waals surface area contributed by atoms with E-state index in [0.29, 0.717) is 11.0 Å². The molecule has 0 radical (unpaired) electrons. The number of nitrogens with one attached hydrogen (secondary N) is 2. The molecular formula is C20H16FN5O2S. The molecule has 0 saturated carbocycles. The first-order valence-corrected chi connectivity index (χ1v) is 9.72. The predicted molar refractivity (Wildman–Crippen MR) is 110 cm³/mol. The first kappa shape index (κ1) is 18.9. The van der Waals surface area contributed by atoms with Crippen LogP contribution in [0.5, 0.6) is 0 Å². The minimum Gasteiger partial charge on any atom is -0.323 e. The number of nitrogens with zero attached hydrogens (tertiary/aromatic N) is 3. The normalized spacial score (nSPS) is 11.0. The van der Waals surface area contributed by atoms with Crippen molar-refractivity contribution in [2.45, 2.75) is 12.1 Å². The number of anilines is 1. The first-order valence-electron chi connectivity index (χ1n) is 8.73. The van der Waals surface area contributed by atoms with Crippen LogP contribution in [0, 0.1) is 12.7 Å². The van der Waals surface area contributed by atoms with Crippen molar-refractivity contribution in [2.24, 2.45) is 0 Å². The summed E-state index contributed by atoms with van der Waals surface area (Å²) in [4.78, 5) is 31.6. The molecule has 146 valence electrons. The van der Waals surface area contributed by atoms with Crippen LogP contribution in [0.3, 0.4) is 0 Å². The fourth-order valence-electron chi connectivity index (χ4n) is 2.80. The van der Waals surface area contributed by atoms with Crippen LogP contribution < -0.4 is 10.9 Å². The summed E-state index contributed by atoms with van der Waals surface area (Å²) in [6.45, 7) is 1.96. The summed E-state index contributed by atoms with van der Waals surface area (Å²) in [5.74, 6) is -0.961. The fourth-order valence-corrected chi connectivity index (χ4v) is 3.45. The highest BCUT2D eigenvalue weighted by molar-refractivity contribution is 7.99. The molecule has 2 heterocycles. The molecule has 2 aromatic heterocycles. The Morgan fingerprint density at radius 3 is 2.86 bits per heavy atom. The van der Waals surface area contributed by atoms with Gasteiger partial charge in [0, 0.05) is 0 Å². The topological polar surface area (TPSA) is 92.7 Å². The van der Waals surface area contributed by atoms with Gasteiger partial charge in [0.25, 0.3) is 5.56 Å². The molecule has 0 aliphatic heterocycles. The second kappa shape index (κ2) is 7.88. The summed E-state index contributed by atoms with van der Waals surface area (Å²) < 4.78 is 15.2. The smallest absolute Gasteiger partial charge is 0.262 e. The average molecular weight is 409 g/mol. The van der Waals surface area contributed by atoms with Crippen LogP contribution >= 0.6 is 11.8 Å². The molecule has 0 spiro atoms. The van der Waals surface area contributed by atoms with Gasteiger partial charge in [-0.05, 0) is 36.8 Å². The minimum absolute atomic E-state index is 0.0403. The lowest BCUT2D eigenvalue weighted by Crippen LogP contribution is -2.16. The van der Waals surface area contributed by atoms with E-state index in [1.54, 1.807) is 16.8 Å². The van der Waals surface area contributed by atoms with Crippen molar-refractivity contribution in [3.05, 3.63) is 76.5 Å². The van der Waals surface area contributed by atoms with Gasteiger partial charge in [-0.15, -0.1) is 0 Å². The van der Waals surface area contributed by atoms with Crippen LogP contribution in [-0.2, 0) is 4.79 Å². The van der Waals surface area contributed by atoms with E-state index in [0.717, 1.165) is 23.0 Å². The van der Waals surface area contributed by atoms with Crippen LogP contribution in [0.4, 0.5) is 10.1 Å². The molecule has 0 aliphatic carbocycles. The Morgan fingerprint density at radius 2 is 2.07 bits per heavy atom. The molecule has 0 unspecified atom stereocenters. The summed E-state index contributed by atoms with van der Waals surface area (Å²) in [6, 6.07) is 13.6. The molecule has 4 rings (SSSR count). The highest BCUT2D eigenvalue weighted by atomic mass is 32.2. The van der Waals surface area contributed by atoms with Crippen molar-refractivity contribution in [1.29, 1.82) is 0 Å². The molecule has 2 aromatic carbocycles. The quantitative estimate of drug-likeness (QED) is 0.390. The van der Waals surface area contributed by atoms with Crippen LogP contribution in [0.1, 0.15) is 5.56 Å². The maximum atomic E-state index is 13.6. The van der Waals surface area contributed by atoms with E-state index in [9.17, 15) is 14.0 Å². The zero-order valence-corrected chi connectivity index (χ0v) is 16.2. The standard InChI is InChI=1S/C20H16FN5O2S/c1-12-5-4-6-13(9-12)26-18-14(10-22-26)19(28)25-20(24-18)29-11-17(27)23-16-8-3-2-7-15(16)21/h2-10H,11H2,1H3,(H,23,27)(H,24,25,28). The van der Waals surface area contributed by atoms with E-state index in [4.69, 9.17) is 0 Å². The largest absolute Gasteiger partial charge is 0.323 e. The summed E-state index contributed by atoms with van der Waals surface area (Å²) in [5, 5.41) is 7.40. The van der Waals surface area contributed by atoms with E-state index in [-0.39, 0.29) is 22.2 Å². The van der Waals surface area contributed by atoms with Gasteiger partial charge in [-0.2, -0.15) is 5.10 Å². The van der Waals surface area contributed by atoms with Gasteiger partial charge in [0.2, 0.25) is 5.91 Å². The third-order valence-electron chi connectivity index (χ3n) is 4.15. The summed E-state index contributed by atoms with van der Waals surface area (Å²) in [7, 11) is 0. The number of fused-ring (bicyclic) bond motifs is 1. The predicted octanol–water partition coefficient (Wildman–Crippen LogP) is 3.29. The molecule has 29 heavy (non-hydrogen) atoms. The Balaban J connectivity index is 1.57. The molecular weight excluding hydrogens is 393 g/mol. The number of benzene rings is 2. The third kappa shape index (κ3) is 4.04. The number of thioether (sulfide) groups is 1. The maximum Gasteiger partial charge on any atom is 0.262 e. The maximum absolute atomic E-state index is 13.6. The lowest BCUT2D eigenvalue weighted by atomic mass is 10.2. The number of para-hydroxylation sites is 1. The van der Waals surface area contributed by atoms with Crippen molar-refractivity contribution < 1.29 is 9.18 Å². The van der Waals surface area contributed by atoms with Crippen molar-refractivity contribution in [1.82, 2.24) is 19.7 Å². The Labute approximate surface area is 169 Å². The highest BCUT2D eigenvalue weighted by Crippen LogP contribution is 2.19. The summed E-state index contributed by atoms with van der Waals surface area (Å²) in [6.07, 6.45) is 1.46. The van der Waals surface area contributed by atoms with Gasteiger partial charge in [0.15, 0.2) is 10.8 Å². The number of hydrogen-bond acceptors (Lipinski definition) is 5. The van der Waals surface area contributed by atoms with Gasteiger partial charge < -0.3 is 10.3 Å². The van der Waals surface area contributed by atoms with Crippen LogP contribution in [0.15, 0.2) is 64.7 Å². The number of hydrogen-bond donors (Lipinski definition) is 2. The van der Waals surface area contributed by atoms with Crippen molar-refractivity contribution in [3.63, 3.8) is 0 Å². The van der Waals surface area contributed by atoms with Crippen molar-refractivity contribution >= 4 is 34.4 Å². The Hall–Kier alpha value is -3.46. The SMILES string of the molecule is Cc1cccc(-n2ncc3c(=O)[nH]c(SCC(=O)Nc4ccccc4F)nc32)c1. The minimum atomic E-state index is -0.513.